The molecule has 0 radical (unpaired) electrons. The van der Waals surface area contributed by atoms with Crippen molar-refractivity contribution in [3.05, 3.63) is 94.5 Å². The van der Waals surface area contributed by atoms with E-state index in [-0.39, 0.29) is 11.3 Å². The Balaban J connectivity index is 1.92. The highest BCUT2D eigenvalue weighted by Gasteiger charge is 2.47. The molecular weight excluding hydrogens is 452 g/mol. The lowest BCUT2D eigenvalue weighted by atomic mass is 9.95. The lowest BCUT2D eigenvalue weighted by molar-refractivity contribution is -0.132. The molecule has 1 aliphatic rings. The number of hydrogen-bond acceptors (Lipinski definition) is 5. The molecule has 1 unspecified atom stereocenters. The summed E-state index contributed by atoms with van der Waals surface area (Å²) in [6.45, 7) is 2.34. The van der Waals surface area contributed by atoms with Crippen LogP contribution < -0.4 is 14.5 Å². The monoisotopic (exact) mass is 476 g/mol. The molecule has 0 aromatic heterocycles. The minimum absolute atomic E-state index is 0.00619. The second-order valence-corrected chi connectivity index (χ2v) is 8.53. The van der Waals surface area contributed by atoms with Crippen molar-refractivity contribution in [3.63, 3.8) is 0 Å². The Morgan fingerprint density at radius 2 is 1.74 bits per heavy atom. The SMILES string of the molecule is CCOc1cccc(N2C(=O)C(=O)/C(=C(/O)c3cccc(Cl)c3)C2c2ccc(N(C)C)cc2)c1. The maximum absolute atomic E-state index is 13.3. The fourth-order valence-electron chi connectivity index (χ4n) is 4.05. The standard InChI is InChI=1S/C27H25ClN2O4/c1-4-34-22-10-6-9-21(16-22)30-24(17-11-13-20(14-12-17)29(2)3)23(26(32)27(30)33)25(31)18-7-5-8-19(28)15-18/h5-16,24,31H,4H2,1-3H3/b25-23+. The minimum Gasteiger partial charge on any atom is -0.507 e. The maximum atomic E-state index is 13.3. The number of ether oxygens (including phenoxy) is 1. The van der Waals surface area contributed by atoms with Crippen LogP contribution in [0.1, 0.15) is 24.1 Å². The van der Waals surface area contributed by atoms with Gasteiger partial charge in [0.15, 0.2) is 0 Å². The van der Waals surface area contributed by atoms with Crippen LogP contribution in [0.15, 0.2) is 78.4 Å². The average molecular weight is 477 g/mol. The third-order valence-electron chi connectivity index (χ3n) is 5.67. The lowest BCUT2D eigenvalue weighted by Gasteiger charge is -2.26. The summed E-state index contributed by atoms with van der Waals surface area (Å²) in [7, 11) is 3.86. The van der Waals surface area contributed by atoms with Crippen LogP contribution in [0.5, 0.6) is 5.75 Å². The third-order valence-corrected chi connectivity index (χ3v) is 5.91. The lowest BCUT2D eigenvalue weighted by Crippen LogP contribution is -2.29. The molecule has 3 aromatic rings. The van der Waals surface area contributed by atoms with Gasteiger partial charge in [0.05, 0.1) is 18.2 Å². The molecule has 0 spiro atoms. The van der Waals surface area contributed by atoms with Gasteiger partial charge in [0.2, 0.25) is 0 Å². The van der Waals surface area contributed by atoms with Crippen molar-refractivity contribution < 1.29 is 19.4 Å². The minimum atomic E-state index is -0.827. The first kappa shape index (κ1) is 23.4. The molecule has 1 fully saturated rings. The number of aliphatic hydroxyl groups excluding tert-OH is 1. The number of halogens is 1. The molecule has 0 bridgehead atoms. The number of aliphatic hydroxyl groups is 1. The van der Waals surface area contributed by atoms with Gasteiger partial charge in [-0.1, -0.05) is 41.9 Å². The number of ketones is 1. The fraction of sp³-hybridized carbons (Fsp3) is 0.185. The van der Waals surface area contributed by atoms with Crippen LogP contribution in [0, 0.1) is 0 Å². The van der Waals surface area contributed by atoms with E-state index in [0.29, 0.717) is 34.2 Å². The Bertz CT molecular complexity index is 1270. The molecular formula is C27H25ClN2O4. The van der Waals surface area contributed by atoms with Gasteiger partial charge in [0.1, 0.15) is 11.5 Å². The normalized spacial score (nSPS) is 17.2. The number of carbonyl (C=O) groups excluding carboxylic acids is 2. The number of hydrogen-bond donors (Lipinski definition) is 1. The van der Waals surface area contributed by atoms with Crippen LogP contribution in [-0.4, -0.2) is 37.5 Å². The van der Waals surface area contributed by atoms with Gasteiger partial charge < -0.3 is 14.7 Å². The molecule has 4 rings (SSSR count). The highest BCUT2D eigenvalue weighted by atomic mass is 35.5. The number of nitrogens with zero attached hydrogens (tertiary/aromatic N) is 2. The molecule has 1 aliphatic heterocycles. The Morgan fingerprint density at radius 1 is 1.03 bits per heavy atom. The highest BCUT2D eigenvalue weighted by molar-refractivity contribution is 6.51. The van der Waals surface area contributed by atoms with Gasteiger partial charge in [-0.05, 0) is 48.9 Å². The molecule has 0 saturated carbocycles. The van der Waals surface area contributed by atoms with E-state index < -0.39 is 17.7 Å². The summed E-state index contributed by atoms with van der Waals surface area (Å²) in [6, 6.07) is 20.3. The predicted octanol–water partition coefficient (Wildman–Crippen LogP) is 5.43. The van der Waals surface area contributed by atoms with Gasteiger partial charge in [-0.25, -0.2) is 0 Å². The average Bonchev–Trinajstić information content (AvgIpc) is 3.09. The summed E-state index contributed by atoms with van der Waals surface area (Å²) in [6.07, 6.45) is 0. The molecule has 6 nitrogen and oxygen atoms in total. The molecule has 3 aromatic carbocycles. The molecule has 1 N–H and O–H groups in total. The van der Waals surface area contributed by atoms with Crippen LogP contribution in [0.2, 0.25) is 5.02 Å². The first-order valence-electron chi connectivity index (χ1n) is 10.9. The number of amides is 1. The molecule has 1 saturated heterocycles. The third kappa shape index (κ3) is 4.37. The number of anilines is 2. The van der Waals surface area contributed by atoms with Crippen molar-refractivity contribution in [3.8, 4) is 5.75 Å². The number of benzene rings is 3. The van der Waals surface area contributed by atoms with Crippen molar-refractivity contribution in [1.29, 1.82) is 0 Å². The van der Waals surface area contributed by atoms with E-state index in [9.17, 15) is 14.7 Å². The summed E-state index contributed by atoms with van der Waals surface area (Å²) in [5.41, 5.74) is 2.53. The molecule has 174 valence electrons. The smallest absolute Gasteiger partial charge is 0.300 e. The summed E-state index contributed by atoms with van der Waals surface area (Å²) in [5, 5.41) is 11.6. The first-order chi connectivity index (χ1) is 16.3. The molecule has 34 heavy (non-hydrogen) atoms. The van der Waals surface area contributed by atoms with E-state index in [1.54, 1.807) is 48.5 Å². The van der Waals surface area contributed by atoms with E-state index in [0.717, 1.165) is 5.69 Å². The van der Waals surface area contributed by atoms with E-state index in [2.05, 4.69) is 0 Å². The molecule has 7 heteroatoms. The Kier molecular flexibility index (Phi) is 6.61. The zero-order valence-corrected chi connectivity index (χ0v) is 19.9. The van der Waals surface area contributed by atoms with Crippen molar-refractivity contribution in [2.75, 3.05) is 30.5 Å². The van der Waals surface area contributed by atoms with Crippen molar-refractivity contribution in [2.45, 2.75) is 13.0 Å². The van der Waals surface area contributed by atoms with Crippen LogP contribution >= 0.6 is 11.6 Å². The second-order valence-electron chi connectivity index (χ2n) is 8.10. The van der Waals surface area contributed by atoms with Gasteiger partial charge in [-0.3, -0.25) is 14.5 Å². The number of Topliss-reactive ketones (excluding diaryl/α,β-unsaturated/α-hetero) is 1. The van der Waals surface area contributed by atoms with E-state index in [1.165, 1.54) is 4.90 Å². The first-order valence-corrected chi connectivity index (χ1v) is 11.3. The van der Waals surface area contributed by atoms with E-state index in [4.69, 9.17) is 16.3 Å². The maximum Gasteiger partial charge on any atom is 0.300 e. The van der Waals surface area contributed by atoms with Gasteiger partial charge >= 0.3 is 0 Å². The summed E-state index contributed by atoms with van der Waals surface area (Å²) >= 11 is 6.12. The molecule has 1 amide bonds. The quantitative estimate of drug-likeness (QED) is 0.292. The molecule has 1 atom stereocenters. The number of carbonyl (C=O) groups is 2. The van der Waals surface area contributed by atoms with E-state index in [1.807, 2.05) is 50.2 Å². The Labute approximate surface area is 203 Å². The predicted molar refractivity (Wildman–Crippen MR) is 135 cm³/mol. The van der Waals surface area contributed by atoms with Crippen LogP contribution in [0.25, 0.3) is 5.76 Å². The summed E-state index contributed by atoms with van der Waals surface area (Å²) in [5.74, 6) is -1.18. The Morgan fingerprint density at radius 3 is 2.38 bits per heavy atom. The Hall–Kier alpha value is -3.77. The van der Waals surface area contributed by atoms with Crippen molar-refractivity contribution in [1.82, 2.24) is 0 Å². The van der Waals surface area contributed by atoms with Crippen LogP contribution in [0.4, 0.5) is 11.4 Å². The molecule has 0 aliphatic carbocycles. The summed E-state index contributed by atoms with van der Waals surface area (Å²) < 4.78 is 5.60. The summed E-state index contributed by atoms with van der Waals surface area (Å²) in [4.78, 5) is 29.9. The van der Waals surface area contributed by atoms with Crippen LogP contribution in [0.3, 0.4) is 0 Å². The zero-order valence-electron chi connectivity index (χ0n) is 19.2. The van der Waals surface area contributed by atoms with Gasteiger partial charge in [-0.15, -0.1) is 0 Å². The van der Waals surface area contributed by atoms with Crippen molar-refractivity contribution >= 4 is 40.4 Å². The fourth-order valence-corrected chi connectivity index (χ4v) is 4.24. The zero-order chi connectivity index (χ0) is 24.4. The van der Waals surface area contributed by atoms with Crippen LogP contribution in [-0.2, 0) is 9.59 Å². The van der Waals surface area contributed by atoms with E-state index >= 15 is 0 Å². The van der Waals surface area contributed by atoms with Gasteiger partial charge in [-0.2, -0.15) is 0 Å². The number of rotatable bonds is 6. The highest BCUT2D eigenvalue weighted by Crippen LogP contribution is 2.43. The van der Waals surface area contributed by atoms with Crippen molar-refractivity contribution in [2.24, 2.45) is 0 Å². The largest absolute Gasteiger partial charge is 0.507 e. The molecule has 1 heterocycles. The van der Waals surface area contributed by atoms with Gasteiger partial charge in [0, 0.05) is 42.1 Å². The second kappa shape index (κ2) is 9.61. The topological polar surface area (TPSA) is 70.1 Å². The van der Waals surface area contributed by atoms with Gasteiger partial charge in [0.25, 0.3) is 11.7 Å².